The van der Waals surface area contributed by atoms with E-state index in [1.54, 1.807) is 0 Å². The summed E-state index contributed by atoms with van der Waals surface area (Å²) in [5.41, 5.74) is 10.5. The fraction of sp³-hybridized carbons (Fsp3) is 0.241. The molecule has 1 aliphatic heterocycles. The third-order valence-corrected chi connectivity index (χ3v) is 7.29. The van der Waals surface area contributed by atoms with E-state index in [0.717, 1.165) is 36.5 Å². The minimum Gasteiger partial charge on any atom is -0.318 e. The van der Waals surface area contributed by atoms with Gasteiger partial charge in [0.1, 0.15) is 0 Å². The molecule has 0 aromatic heterocycles. The van der Waals surface area contributed by atoms with E-state index < -0.39 is 5.54 Å². The quantitative estimate of drug-likeness (QED) is 0.376. The summed E-state index contributed by atoms with van der Waals surface area (Å²) in [7, 11) is 0. The van der Waals surface area contributed by atoms with Crippen LogP contribution in [-0.2, 0) is 12.0 Å². The third-order valence-electron chi connectivity index (χ3n) is 7.03. The second kappa shape index (κ2) is 9.07. The lowest BCUT2D eigenvalue weighted by Gasteiger charge is -2.36. The molecule has 0 amide bonds. The Labute approximate surface area is 195 Å². The predicted molar refractivity (Wildman–Crippen MR) is 135 cm³/mol. The Bertz CT molecular complexity index is 1180. The van der Waals surface area contributed by atoms with Gasteiger partial charge >= 0.3 is 0 Å². The number of hydrogen-bond donors (Lipinski definition) is 2. The van der Waals surface area contributed by atoms with Crippen molar-refractivity contribution < 1.29 is 0 Å². The van der Waals surface area contributed by atoms with Gasteiger partial charge in [-0.15, -0.1) is 0 Å². The number of nitrogens with one attached hydrogen (secondary N) is 1. The summed E-state index contributed by atoms with van der Waals surface area (Å²) < 4.78 is 0. The van der Waals surface area contributed by atoms with E-state index in [1.807, 2.05) is 12.1 Å². The van der Waals surface area contributed by atoms with Crippen LogP contribution in [0.25, 0.3) is 10.8 Å². The standard InChI is InChI=1S/C29H29ClN2/c30-26-15-13-25(14-16-26)29(31,28-12-6-10-22-9-4-5-11-27(22)28)18-24-20-32-19-23(24)17-21-7-2-1-3-8-21/h1-16,23-24,32H,17-20,31H2. The molecule has 0 radical (unpaired) electrons. The van der Waals surface area contributed by atoms with Crippen LogP contribution in [0.1, 0.15) is 23.1 Å². The third kappa shape index (κ3) is 4.19. The number of halogens is 1. The van der Waals surface area contributed by atoms with E-state index in [9.17, 15) is 0 Å². The van der Waals surface area contributed by atoms with Crippen LogP contribution in [0.4, 0.5) is 0 Å². The van der Waals surface area contributed by atoms with E-state index in [2.05, 4.69) is 90.2 Å². The molecule has 0 aliphatic carbocycles. The van der Waals surface area contributed by atoms with Crippen molar-refractivity contribution in [2.24, 2.45) is 17.6 Å². The monoisotopic (exact) mass is 440 g/mol. The molecule has 32 heavy (non-hydrogen) atoms. The van der Waals surface area contributed by atoms with Crippen LogP contribution in [0.5, 0.6) is 0 Å². The molecular formula is C29H29ClN2. The van der Waals surface area contributed by atoms with Crippen LogP contribution in [0.2, 0.25) is 5.02 Å². The first-order chi connectivity index (χ1) is 15.6. The Kier molecular flexibility index (Phi) is 6.01. The van der Waals surface area contributed by atoms with Crippen molar-refractivity contribution in [1.29, 1.82) is 0 Å². The summed E-state index contributed by atoms with van der Waals surface area (Å²) in [6, 6.07) is 33.9. The van der Waals surface area contributed by atoms with Crippen LogP contribution >= 0.6 is 11.6 Å². The zero-order valence-electron chi connectivity index (χ0n) is 18.2. The lowest BCUT2D eigenvalue weighted by atomic mass is 9.72. The summed E-state index contributed by atoms with van der Waals surface area (Å²) in [5, 5.41) is 6.81. The van der Waals surface area contributed by atoms with E-state index in [-0.39, 0.29) is 0 Å². The van der Waals surface area contributed by atoms with E-state index >= 15 is 0 Å². The van der Waals surface area contributed by atoms with E-state index in [4.69, 9.17) is 17.3 Å². The van der Waals surface area contributed by atoms with Crippen LogP contribution in [0, 0.1) is 11.8 Å². The van der Waals surface area contributed by atoms with Gasteiger partial charge in [0.25, 0.3) is 0 Å². The Morgan fingerprint density at radius 2 is 1.47 bits per heavy atom. The maximum atomic E-state index is 7.42. The topological polar surface area (TPSA) is 38.0 Å². The molecule has 0 saturated carbocycles. The van der Waals surface area contributed by atoms with Gasteiger partial charge in [-0.3, -0.25) is 0 Å². The lowest BCUT2D eigenvalue weighted by Crippen LogP contribution is -2.41. The smallest absolute Gasteiger partial charge is 0.0674 e. The Hall–Kier alpha value is -2.65. The first-order valence-electron chi connectivity index (χ1n) is 11.4. The number of hydrogen-bond acceptors (Lipinski definition) is 2. The molecule has 0 bridgehead atoms. The van der Waals surface area contributed by atoms with E-state index in [0.29, 0.717) is 11.8 Å². The van der Waals surface area contributed by atoms with Gasteiger partial charge in [-0.1, -0.05) is 96.5 Å². The number of fused-ring (bicyclic) bond motifs is 1. The van der Waals surface area contributed by atoms with Crippen molar-refractivity contribution in [1.82, 2.24) is 5.32 Å². The summed E-state index contributed by atoms with van der Waals surface area (Å²) in [5.74, 6) is 1.04. The highest BCUT2D eigenvalue weighted by molar-refractivity contribution is 6.30. The van der Waals surface area contributed by atoms with Crippen LogP contribution < -0.4 is 11.1 Å². The highest BCUT2D eigenvalue weighted by Crippen LogP contribution is 2.40. The molecule has 162 valence electrons. The Morgan fingerprint density at radius 3 is 2.28 bits per heavy atom. The normalized spacial score (nSPS) is 20.3. The van der Waals surface area contributed by atoms with Crippen molar-refractivity contribution >= 4 is 22.4 Å². The van der Waals surface area contributed by atoms with Crippen molar-refractivity contribution in [3.63, 3.8) is 0 Å². The summed E-state index contributed by atoms with van der Waals surface area (Å²) in [4.78, 5) is 0. The lowest BCUT2D eigenvalue weighted by molar-refractivity contribution is 0.318. The van der Waals surface area contributed by atoms with Crippen LogP contribution in [0.15, 0.2) is 97.1 Å². The van der Waals surface area contributed by atoms with Gasteiger partial charge in [-0.25, -0.2) is 0 Å². The molecule has 5 rings (SSSR count). The second-order valence-electron chi connectivity index (χ2n) is 9.08. The minimum absolute atomic E-state index is 0.481. The fourth-order valence-electron chi connectivity index (χ4n) is 5.34. The first kappa shape index (κ1) is 21.2. The van der Waals surface area contributed by atoms with Crippen LogP contribution in [0.3, 0.4) is 0 Å². The van der Waals surface area contributed by atoms with Gasteiger partial charge in [0.2, 0.25) is 0 Å². The Balaban J connectivity index is 1.55. The average molecular weight is 441 g/mol. The van der Waals surface area contributed by atoms with Gasteiger partial charge in [0.05, 0.1) is 5.54 Å². The Morgan fingerprint density at radius 1 is 0.781 bits per heavy atom. The van der Waals surface area contributed by atoms with Gasteiger partial charge < -0.3 is 11.1 Å². The van der Waals surface area contributed by atoms with Crippen molar-refractivity contribution in [2.45, 2.75) is 18.4 Å². The molecule has 3 unspecified atom stereocenters. The molecular weight excluding hydrogens is 412 g/mol. The molecule has 3 N–H and O–H groups in total. The zero-order valence-corrected chi connectivity index (χ0v) is 18.9. The fourth-order valence-corrected chi connectivity index (χ4v) is 5.47. The molecule has 1 heterocycles. The van der Waals surface area contributed by atoms with Crippen molar-refractivity contribution in [3.05, 3.63) is 119 Å². The summed E-state index contributed by atoms with van der Waals surface area (Å²) in [6.45, 7) is 2.03. The molecule has 1 fully saturated rings. The van der Waals surface area contributed by atoms with Gasteiger partial charge in [0.15, 0.2) is 0 Å². The van der Waals surface area contributed by atoms with E-state index in [1.165, 1.54) is 21.9 Å². The van der Waals surface area contributed by atoms with Crippen LogP contribution in [-0.4, -0.2) is 13.1 Å². The highest BCUT2D eigenvalue weighted by atomic mass is 35.5. The molecule has 1 aliphatic rings. The summed E-state index contributed by atoms with van der Waals surface area (Å²) in [6.07, 6.45) is 1.96. The number of benzene rings is 4. The van der Waals surface area contributed by atoms with Gasteiger partial charge in [0, 0.05) is 5.02 Å². The minimum atomic E-state index is -0.600. The highest BCUT2D eigenvalue weighted by Gasteiger charge is 2.38. The molecule has 4 aromatic rings. The summed E-state index contributed by atoms with van der Waals surface area (Å²) >= 11 is 6.24. The first-order valence-corrected chi connectivity index (χ1v) is 11.8. The SMILES string of the molecule is NC(CC1CNCC1Cc1ccccc1)(c1ccc(Cl)cc1)c1cccc2ccccc12. The molecule has 0 spiro atoms. The molecule has 3 heteroatoms. The van der Waals surface area contributed by atoms with Gasteiger partial charge in [-0.05, 0) is 77.4 Å². The predicted octanol–water partition coefficient (Wildman–Crippen LogP) is 6.16. The number of nitrogens with two attached hydrogens (primary N) is 1. The average Bonchev–Trinajstić information content (AvgIpc) is 3.25. The maximum Gasteiger partial charge on any atom is 0.0674 e. The second-order valence-corrected chi connectivity index (χ2v) is 9.51. The number of rotatable bonds is 6. The molecule has 3 atom stereocenters. The molecule has 1 saturated heterocycles. The van der Waals surface area contributed by atoms with Crippen molar-refractivity contribution in [3.8, 4) is 0 Å². The van der Waals surface area contributed by atoms with Crippen molar-refractivity contribution in [2.75, 3.05) is 13.1 Å². The largest absolute Gasteiger partial charge is 0.318 e. The molecule has 4 aromatic carbocycles. The van der Waals surface area contributed by atoms with Gasteiger partial charge in [-0.2, -0.15) is 0 Å². The molecule has 2 nitrogen and oxygen atoms in total. The maximum absolute atomic E-state index is 7.42. The zero-order chi connectivity index (χ0) is 22.0.